The van der Waals surface area contributed by atoms with Gasteiger partial charge in [0.15, 0.2) is 5.69 Å². The highest BCUT2D eigenvalue weighted by atomic mass is 16.6. The minimum atomic E-state index is -0.625. The Balaban J connectivity index is 1.66. The second-order valence-electron chi connectivity index (χ2n) is 7.64. The lowest BCUT2D eigenvalue weighted by molar-refractivity contribution is -0.00797. The van der Waals surface area contributed by atoms with E-state index in [1.165, 1.54) is 18.5 Å². The van der Waals surface area contributed by atoms with Crippen molar-refractivity contribution in [2.75, 3.05) is 0 Å². The maximum atomic E-state index is 12.7. The van der Waals surface area contributed by atoms with Crippen molar-refractivity contribution in [3.63, 3.8) is 0 Å². The van der Waals surface area contributed by atoms with E-state index in [-0.39, 0.29) is 17.7 Å². The number of hydrogen-bond donors (Lipinski definition) is 0. The van der Waals surface area contributed by atoms with Crippen LogP contribution in [0.15, 0.2) is 54.9 Å². The van der Waals surface area contributed by atoms with E-state index in [1.54, 1.807) is 10.6 Å². The third-order valence-corrected chi connectivity index (χ3v) is 4.83. The van der Waals surface area contributed by atoms with Crippen LogP contribution in [0.5, 0.6) is 0 Å². The van der Waals surface area contributed by atoms with Gasteiger partial charge >= 0.3 is 11.9 Å². The van der Waals surface area contributed by atoms with Gasteiger partial charge in [0, 0.05) is 12.1 Å². The van der Waals surface area contributed by atoms with Crippen molar-refractivity contribution in [2.24, 2.45) is 0 Å². The molecular weight excluding hydrogens is 382 g/mol. The molecule has 0 atom stereocenters. The molecule has 0 saturated heterocycles. The fraction of sp³-hybridized carbons (Fsp3) is 0.217. The molecule has 0 spiro atoms. The predicted octanol–water partition coefficient (Wildman–Crippen LogP) is 3.59. The second kappa shape index (κ2) is 7.48. The number of carbonyl (C=O) groups is 2. The van der Waals surface area contributed by atoms with Gasteiger partial charge in [0.25, 0.3) is 0 Å². The molecule has 0 aliphatic carbocycles. The highest BCUT2D eigenvalue weighted by Gasteiger charge is 2.36. The Morgan fingerprint density at radius 1 is 1.27 bits per heavy atom. The molecule has 1 aromatic heterocycles. The molecule has 7 nitrogen and oxygen atoms in total. The molecule has 0 amide bonds. The number of cyclic esters (lactones) is 1. The molecule has 1 aliphatic heterocycles. The van der Waals surface area contributed by atoms with Crippen LogP contribution in [-0.4, -0.2) is 27.1 Å². The molecule has 4 rings (SSSR count). The summed E-state index contributed by atoms with van der Waals surface area (Å²) in [7, 11) is 0. The minimum Gasteiger partial charge on any atom is -0.457 e. The molecule has 7 heteroatoms. The Labute approximate surface area is 173 Å². The van der Waals surface area contributed by atoms with Gasteiger partial charge in [0.05, 0.1) is 16.8 Å². The Morgan fingerprint density at radius 3 is 2.77 bits per heavy atom. The summed E-state index contributed by atoms with van der Waals surface area (Å²) in [6, 6.07) is 16.0. The van der Waals surface area contributed by atoms with Gasteiger partial charge in [-0.05, 0) is 37.6 Å². The van der Waals surface area contributed by atoms with Crippen LogP contribution in [-0.2, 0) is 22.5 Å². The Bertz CT molecular complexity index is 1170. The van der Waals surface area contributed by atoms with E-state index in [2.05, 4.69) is 4.98 Å². The summed E-state index contributed by atoms with van der Waals surface area (Å²) in [5, 5.41) is 9.41. The van der Waals surface area contributed by atoms with E-state index in [9.17, 15) is 14.9 Å². The van der Waals surface area contributed by atoms with Crippen LogP contribution in [0, 0.1) is 11.3 Å². The van der Waals surface area contributed by atoms with E-state index in [4.69, 9.17) is 9.47 Å². The maximum Gasteiger partial charge on any atom is 0.357 e. The lowest BCUT2D eigenvalue weighted by atomic mass is 9.98. The van der Waals surface area contributed by atoms with Crippen LogP contribution in [0.2, 0.25) is 0 Å². The summed E-state index contributed by atoms with van der Waals surface area (Å²) in [4.78, 5) is 29.6. The number of nitrogens with zero attached hydrogens (tertiary/aromatic N) is 3. The molecule has 3 aromatic rings. The smallest absolute Gasteiger partial charge is 0.357 e. The number of ether oxygens (including phenoxy) is 2. The number of aromatic nitrogens is 2. The first kappa shape index (κ1) is 19.4. The summed E-state index contributed by atoms with van der Waals surface area (Å²) >= 11 is 0. The Kier molecular flexibility index (Phi) is 4.84. The Hall–Kier alpha value is -3.92. The summed E-state index contributed by atoms with van der Waals surface area (Å²) < 4.78 is 12.4. The van der Waals surface area contributed by atoms with Gasteiger partial charge in [-0.25, -0.2) is 14.6 Å². The molecule has 2 heterocycles. The molecule has 0 saturated carbocycles. The molecule has 0 radical (unpaired) electrons. The molecule has 0 N–H and O–H groups in total. The van der Waals surface area contributed by atoms with E-state index in [1.807, 2.05) is 50.2 Å². The van der Waals surface area contributed by atoms with Crippen molar-refractivity contribution in [3.05, 3.63) is 82.9 Å². The molecule has 150 valence electrons. The van der Waals surface area contributed by atoms with Crippen molar-refractivity contribution in [2.45, 2.75) is 32.5 Å². The topological polar surface area (TPSA) is 94.2 Å². The number of fused-ring (bicyclic) bond motifs is 1. The predicted molar refractivity (Wildman–Crippen MR) is 107 cm³/mol. The number of esters is 2. The lowest BCUT2D eigenvalue weighted by Gasteiger charge is -2.29. The van der Waals surface area contributed by atoms with Crippen molar-refractivity contribution < 1.29 is 19.1 Å². The largest absolute Gasteiger partial charge is 0.457 e. The van der Waals surface area contributed by atoms with E-state index < -0.39 is 17.5 Å². The lowest BCUT2D eigenvalue weighted by Crippen LogP contribution is -2.36. The van der Waals surface area contributed by atoms with Gasteiger partial charge in [-0.1, -0.05) is 30.3 Å². The quantitative estimate of drug-likeness (QED) is 0.620. The number of carbonyl (C=O) groups excluding carboxylic acids is 2. The van der Waals surface area contributed by atoms with Gasteiger partial charge in [-0.2, -0.15) is 5.26 Å². The average Bonchev–Trinajstić information content (AvgIpc) is 3.15. The van der Waals surface area contributed by atoms with Crippen LogP contribution in [0.1, 0.15) is 51.5 Å². The fourth-order valence-electron chi connectivity index (χ4n) is 3.41. The highest BCUT2D eigenvalue weighted by Crippen LogP contribution is 2.29. The monoisotopic (exact) mass is 401 g/mol. The van der Waals surface area contributed by atoms with Crippen molar-refractivity contribution in [1.29, 1.82) is 5.26 Å². The van der Waals surface area contributed by atoms with Crippen LogP contribution in [0.4, 0.5) is 0 Å². The second-order valence-corrected chi connectivity index (χ2v) is 7.64. The minimum absolute atomic E-state index is 0.0939. The number of hydrogen-bond acceptors (Lipinski definition) is 6. The third kappa shape index (κ3) is 3.67. The summed E-state index contributed by atoms with van der Waals surface area (Å²) in [6.07, 6.45) is 2.01. The number of benzene rings is 2. The first-order chi connectivity index (χ1) is 14.4. The van der Waals surface area contributed by atoms with E-state index in [0.717, 1.165) is 5.56 Å². The Morgan fingerprint density at radius 2 is 2.03 bits per heavy atom. The first-order valence-corrected chi connectivity index (χ1v) is 9.43. The van der Waals surface area contributed by atoms with E-state index in [0.29, 0.717) is 23.5 Å². The highest BCUT2D eigenvalue weighted by molar-refractivity contribution is 5.94. The number of nitriles is 1. The van der Waals surface area contributed by atoms with Crippen LogP contribution in [0.25, 0.3) is 5.69 Å². The zero-order valence-corrected chi connectivity index (χ0v) is 16.6. The number of imidazole rings is 1. The molecular formula is C23H19N3O4. The first-order valence-electron chi connectivity index (χ1n) is 9.43. The SMILES string of the molecule is CC1(C)Cc2ncn(-c3ccc(C#N)c(C(=O)OCc4ccccc4)c3)c2C(=O)O1. The third-order valence-electron chi connectivity index (χ3n) is 4.83. The zero-order chi connectivity index (χ0) is 21.3. The summed E-state index contributed by atoms with van der Waals surface area (Å²) in [5.41, 5.74) is 2.00. The van der Waals surface area contributed by atoms with Crippen LogP contribution in [0.3, 0.4) is 0 Å². The van der Waals surface area contributed by atoms with Gasteiger partial charge in [0.2, 0.25) is 0 Å². The van der Waals surface area contributed by atoms with Gasteiger partial charge in [-0.3, -0.25) is 4.57 Å². The maximum absolute atomic E-state index is 12.7. The molecule has 0 fully saturated rings. The van der Waals surface area contributed by atoms with Crippen molar-refractivity contribution in [1.82, 2.24) is 9.55 Å². The normalized spacial score (nSPS) is 14.4. The van der Waals surface area contributed by atoms with Crippen molar-refractivity contribution >= 4 is 11.9 Å². The fourth-order valence-corrected chi connectivity index (χ4v) is 3.41. The molecule has 0 unspecified atom stereocenters. The molecule has 0 bridgehead atoms. The summed E-state index contributed by atoms with van der Waals surface area (Å²) in [5.74, 6) is -1.09. The zero-order valence-electron chi connectivity index (χ0n) is 16.6. The molecule has 2 aromatic carbocycles. The number of rotatable bonds is 4. The van der Waals surface area contributed by atoms with Gasteiger partial charge in [-0.15, -0.1) is 0 Å². The van der Waals surface area contributed by atoms with Gasteiger partial charge in [0.1, 0.15) is 24.6 Å². The average molecular weight is 401 g/mol. The molecule has 1 aliphatic rings. The standard InChI is InChI=1S/C23H19N3O4/c1-23(2)11-19-20(22(28)30-23)26(14-25-19)17-9-8-16(12-24)18(10-17)21(27)29-13-15-6-4-3-5-7-15/h3-10,14H,11,13H2,1-2H3. The van der Waals surface area contributed by atoms with Crippen molar-refractivity contribution in [3.8, 4) is 11.8 Å². The van der Waals surface area contributed by atoms with Crippen LogP contribution < -0.4 is 0 Å². The van der Waals surface area contributed by atoms with Crippen LogP contribution >= 0.6 is 0 Å². The summed E-state index contributed by atoms with van der Waals surface area (Å²) in [6.45, 7) is 3.75. The van der Waals surface area contributed by atoms with E-state index >= 15 is 0 Å². The molecule has 30 heavy (non-hydrogen) atoms. The van der Waals surface area contributed by atoms with Gasteiger partial charge < -0.3 is 9.47 Å².